The zero-order chi connectivity index (χ0) is 18.5. The van der Waals surface area contributed by atoms with Crippen LogP contribution in [0.25, 0.3) is 11.0 Å². The Morgan fingerprint density at radius 2 is 1.50 bits per heavy atom. The van der Waals surface area contributed by atoms with Gasteiger partial charge in [-0.05, 0) is 42.8 Å². The van der Waals surface area contributed by atoms with Gasteiger partial charge in [0.05, 0.1) is 24.6 Å². The number of benzene rings is 2. The molecule has 6 heteroatoms. The first-order valence-electron chi connectivity index (χ1n) is 8.67. The van der Waals surface area contributed by atoms with Crippen LogP contribution in [-0.4, -0.2) is 22.2 Å². The van der Waals surface area contributed by atoms with E-state index in [-0.39, 0.29) is 24.6 Å². The normalized spacial score (nSPS) is 10.8. The largest absolute Gasteiger partial charge is 0.497 e. The first-order chi connectivity index (χ1) is 12.6. The standard InChI is InChI=1S/C20H22N2O4/c1-3-13-21-17-6-4-5-7-18(17)22(20(21)24)14-12-19(23)26-16-10-8-15(25-2)9-11-16/h4-11H,3,12-14H2,1-2H3. The molecule has 0 saturated heterocycles. The highest BCUT2D eigenvalue weighted by atomic mass is 16.5. The zero-order valence-electron chi connectivity index (χ0n) is 15.0. The van der Waals surface area contributed by atoms with Crippen LogP contribution in [0.15, 0.2) is 53.3 Å². The van der Waals surface area contributed by atoms with Gasteiger partial charge >= 0.3 is 11.7 Å². The number of methoxy groups -OCH3 is 1. The van der Waals surface area contributed by atoms with Crippen LogP contribution in [0.3, 0.4) is 0 Å². The number of hydrogen-bond acceptors (Lipinski definition) is 4. The van der Waals surface area contributed by atoms with Gasteiger partial charge in [0.1, 0.15) is 11.5 Å². The number of hydrogen-bond donors (Lipinski definition) is 0. The molecule has 0 aliphatic carbocycles. The van der Waals surface area contributed by atoms with Crippen LogP contribution in [0.1, 0.15) is 19.8 Å². The van der Waals surface area contributed by atoms with Crippen LogP contribution < -0.4 is 15.2 Å². The molecule has 0 aliphatic heterocycles. The maximum atomic E-state index is 12.7. The SMILES string of the molecule is CCCn1c(=O)n(CCC(=O)Oc2ccc(OC)cc2)c2ccccc21. The van der Waals surface area contributed by atoms with Crippen molar-refractivity contribution in [2.24, 2.45) is 0 Å². The van der Waals surface area contributed by atoms with Gasteiger partial charge in [-0.2, -0.15) is 0 Å². The summed E-state index contributed by atoms with van der Waals surface area (Å²) in [5.41, 5.74) is 1.64. The molecule has 6 nitrogen and oxygen atoms in total. The Morgan fingerprint density at radius 3 is 2.08 bits per heavy atom. The molecule has 26 heavy (non-hydrogen) atoms. The Hall–Kier alpha value is -3.02. The number of esters is 1. The zero-order valence-corrected chi connectivity index (χ0v) is 15.0. The predicted octanol–water partition coefficient (Wildman–Crippen LogP) is 3.22. The van der Waals surface area contributed by atoms with E-state index in [1.165, 1.54) is 0 Å². The van der Waals surface area contributed by atoms with Gasteiger partial charge in [-0.3, -0.25) is 13.9 Å². The molecule has 0 spiro atoms. The van der Waals surface area contributed by atoms with Gasteiger partial charge in [0, 0.05) is 13.1 Å². The van der Waals surface area contributed by atoms with Crippen LogP contribution in [-0.2, 0) is 17.9 Å². The molecule has 0 saturated carbocycles. The van der Waals surface area contributed by atoms with Gasteiger partial charge in [0.25, 0.3) is 0 Å². The minimum atomic E-state index is -0.380. The number of aryl methyl sites for hydroxylation is 2. The predicted molar refractivity (Wildman–Crippen MR) is 99.7 cm³/mol. The molecule has 3 rings (SSSR count). The number of carbonyl (C=O) groups excluding carboxylic acids is 1. The highest BCUT2D eigenvalue weighted by molar-refractivity contribution is 5.77. The van der Waals surface area contributed by atoms with Crippen LogP contribution in [0.2, 0.25) is 0 Å². The second-order valence-electron chi connectivity index (χ2n) is 5.97. The molecule has 0 atom stereocenters. The topological polar surface area (TPSA) is 62.5 Å². The number of nitrogens with zero attached hydrogens (tertiary/aromatic N) is 2. The van der Waals surface area contributed by atoms with Crippen LogP contribution >= 0.6 is 0 Å². The van der Waals surface area contributed by atoms with Gasteiger partial charge in [-0.25, -0.2) is 4.79 Å². The minimum absolute atomic E-state index is 0.0923. The maximum Gasteiger partial charge on any atom is 0.329 e. The Kier molecular flexibility index (Phi) is 5.41. The van der Waals surface area contributed by atoms with Crippen molar-refractivity contribution in [2.75, 3.05) is 7.11 Å². The van der Waals surface area contributed by atoms with Gasteiger partial charge in [0.15, 0.2) is 0 Å². The van der Waals surface area contributed by atoms with Gasteiger partial charge in [0.2, 0.25) is 0 Å². The van der Waals surface area contributed by atoms with E-state index in [9.17, 15) is 9.59 Å². The highest BCUT2D eigenvalue weighted by Gasteiger charge is 2.14. The third kappa shape index (κ3) is 3.64. The van der Waals surface area contributed by atoms with Gasteiger partial charge < -0.3 is 9.47 Å². The summed E-state index contributed by atoms with van der Waals surface area (Å²) >= 11 is 0. The lowest BCUT2D eigenvalue weighted by atomic mass is 10.3. The monoisotopic (exact) mass is 354 g/mol. The molecule has 1 heterocycles. The molecule has 2 aromatic carbocycles. The third-order valence-electron chi connectivity index (χ3n) is 4.20. The Labute approximate surface area is 151 Å². The number of carbonyl (C=O) groups is 1. The van der Waals surface area contributed by atoms with Crippen molar-refractivity contribution in [3.8, 4) is 11.5 Å². The summed E-state index contributed by atoms with van der Waals surface area (Å²) in [6.45, 7) is 2.97. The smallest absolute Gasteiger partial charge is 0.329 e. The van der Waals surface area contributed by atoms with Crippen LogP contribution in [0.4, 0.5) is 0 Å². The molecule has 0 aliphatic rings. The fraction of sp³-hybridized carbons (Fsp3) is 0.300. The van der Waals surface area contributed by atoms with E-state index in [2.05, 4.69) is 0 Å². The summed E-state index contributed by atoms with van der Waals surface area (Å²) in [5, 5.41) is 0. The molecule has 0 unspecified atom stereocenters. The van der Waals surface area contributed by atoms with Crippen molar-refractivity contribution in [3.05, 3.63) is 59.0 Å². The van der Waals surface area contributed by atoms with Crippen molar-refractivity contribution in [3.63, 3.8) is 0 Å². The lowest BCUT2D eigenvalue weighted by Crippen LogP contribution is -2.25. The van der Waals surface area contributed by atoms with Crippen molar-refractivity contribution < 1.29 is 14.3 Å². The molecular formula is C20H22N2O4. The fourth-order valence-electron chi connectivity index (χ4n) is 2.96. The van der Waals surface area contributed by atoms with E-state index < -0.39 is 0 Å². The number of fused-ring (bicyclic) bond motifs is 1. The summed E-state index contributed by atoms with van der Waals surface area (Å²) in [5.74, 6) is 0.769. The Balaban J connectivity index is 1.73. The van der Waals surface area contributed by atoms with E-state index in [4.69, 9.17) is 9.47 Å². The van der Waals surface area contributed by atoms with Crippen molar-refractivity contribution in [2.45, 2.75) is 32.9 Å². The van der Waals surface area contributed by atoms with E-state index in [1.807, 2.05) is 31.2 Å². The molecule has 0 radical (unpaired) electrons. The summed E-state index contributed by atoms with van der Waals surface area (Å²) in [6.07, 6.45) is 0.986. The van der Waals surface area contributed by atoms with Crippen molar-refractivity contribution >= 4 is 17.0 Å². The van der Waals surface area contributed by atoms with E-state index in [0.29, 0.717) is 18.0 Å². The van der Waals surface area contributed by atoms with Crippen molar-refractivity contribution in [1.29, 1.82) is 0 Å². The van der Waals surface area contributed by atoms with Crippen LogP contribution in [0, 0.1) is 0 Å². The average Bonchev–Trinajstić information content (AvgIpc) is 2.93. The lowest BCUT2D eigenvalue weighted by Gasteiger charge is -2.06. The molecule has 0 N–H and O–H groups in total. The third-order valence-corrected chi connectivity index (χ3v) is 4.20. The minimum Gasteiger partial charge on any atom is -0.497 e. The molecule has 1 aromatic heterocycles. The first-order valence-corrected chi connectivity index (χ1v) is 8.67. The number of ether oxygens (including phenoxy) is 2. The van der Waals surface area contributed by atoms with Gasteiger partial charge in [-0.1, -0.05) is 19.1 Å². The summed E-state index contributed by atoms with van der Waals surface area (Å²) in [6, 6.07) is 14.4. The number of aromatic nitrogens is 2. The summed E-state index contributed by atoms with van der Waals surface area (Å²) in [4.78, 5) is 24.8. The van der Waals surface area contributed by atoms with E-state index >= 15 is 0 Å². The lowest BCUT2D eigenvalue weighted by molar-refractivity contribution is -0.134. The van der Waals surface area contributed by atoms with E-state index in [1.54, 1.807) is 40.5 Å². The first kappa shape index (κ1) is 17.8. The molecule has 0 fully saturated rings. The second kappa shape index (κ2) is 7.91. The van der Waals surface area contributed by atoms with Crippen LogP contribution in [0.5, 0.6) is 11.5 Å². The number of imidazole rings is 1. The molecule has 136 valence electrons. The second-order valence-corrected chi connectivity index (χ2v) is 5.97. The quantitative estimate of drug-likeness (QED) is 0.483. The number of para-hydroxylation sites is 2. The van der Waals surface area contributed by atoms with Crippen molar-refractivity contribution in [1.82, 2.24) is 9.13 Å². The molecule has 3 aromatic rings. The Morgan fingerprint density at radius 1 is 0.923 bits per heavy atom. The Bertz CT molecular complexity index is 954. The molecular weight excluding hydrogens is 332 g/mol. The van der Waals surface area contributed by atoms with E-state index in [0.717, 1.165) is 17.5 Å². The summed E-state index contributed by atoms with van der Waals surface area (Å²) < 4.78 is 13.8. The molecule has 0 amide bonds. The fourth-order valence-corrected chi connectivity index (χ4v) is 2.96. The molecule has 0 bridgehead atoms. The average molecular weight is 354 g/mol. The maximum absolute atomic E-state index is 12.7. The number of rotatable bonds is 7. The highest BCUT2D eigenvalue weighted by Crippen LogP contribution is 2.18. The van der Waals surface area contributed by atoms with Gasteiger partial charge in [-0.15, -0.1) is 0 Å². The summed E-state index contributed by atoms with van der Waals surface area (Å²) in [7, 11) is 1.58.